The van der Waals surface area contributed by atoms with E-state index in [-0.39, 0.29) is 42.8 Å². The predicted octanol–water partition coefficient (Wildman–Crippen LogP) is 4.60. The highest BCUT2D eigenvalue weighted by Gasteiger charge is 2.63. The summed E-state index contributed by atoms with van der Waals surface area (Å²) in [7, 11) is -0.668. The van der Waals surface area contributed by atoms with Gasteiger partial charge in [-0.25, -0.2) is 17.8 Å². The number of allylic oxidation sites excluding steroid dienone is 1. The van der Waals surface area contributed by atoms with Crippen LogP contribution in [-0.4, -0.2) is 78.1 Å². The first kappa shape index (κ1) is 35.8. The molecule has 2 N–H and O–H groups in total. The van der Waals surface area contributed by atoms with Crippen molar-refractivity contribution >= 4 is 38.6 Å². The third-order valence-electron chi connectivity index (χ3n) is 11.2. The minimum Gasteiger partial charge on any atom is -0.496 e. The smallest absolute Gasteiger partial charge is 0.259 e. The fourth-order valence-corrected chi connectivity index (χ4v) is 8.81. The van der Waals surface area contributed by atoms with Gasteiger partial charge in [0.25, 0.3) is 5.91 Å². The molecular weight excluding hydrogens is 690 g/mol. The van der Waals surface area contributed by atoms with E-state index < -0.39 is 55.9 Å². The molecule has 3 aliphatic carbocycles. The van der Waals surface area contributed by atoms with Crippen LogP contribution in [0.1, 0.15) is 63.9 Å². The fraction of sp³-hybridized carbons (Fsp3) is 0.500. The number of fused-ring (bicyclic) bond motifs is 3. The molecule has 0 radical (unpaired) electrons. The molecular formula is C38H44FN5O7S. The van der Waals surface area contributed by atoms with Gasteiger partial charge in [-0.2, -0.15) is 4.98 Å². The summed E-state index contributed by atoms with van der Waals surface area (Å²) in [6.45, 7) is 3.97. The first-order chi connectivity index (χ1) is 24.7. The Balaban J connectivity index is 1.21. The number of ether oxygens (including phenoxy) is 2. The van der Waals surface area contributed by atoms with Gasteiger partial charge in [0, 0.05) is 30.6 Å². The van der Waals surface area contributed by atoms with Gasteiger partial charge in [-0.3, -0.25) is 19.1 Å². The SMILES string of the molecule is COc1ccc2c(O[C@@H]3C[C@H]4C(=O)N[C@]5(C(=O)NS(=O)(=O)C6(C)CC6)C[C@@H]5/C=C\CCCCN(C)C(=O)[C@@H]4C3)nc(-c3cccc(F)c3)nc2c1C. The summed E-state index contributed by atoms with van der Waals surface area (Å²) in [5.74, 6) is -2.89. The van der Waals surface area contributed by atoms with Crippen molar-refractivity contribution in [2.45, 2.75) is 81.6 Å². The van der Waals surface area contributed by atoms with Crippen molar-refractivity contribution in [2.75, 3.05) is 20.7 Å². The van der Waals surface area contributed by atoms with Crippen LogP contribution in [0.15, 0.2) is 48.6 Å². The Labute approximate surface area is 302 Å². The lowest BCUT2D eigenvalue weighted by Gasteiger charge is -2.27. The number of carbonyl (C=O) groups is 3. The number of halogens is 1. The predicted molar refractivity (Wildman–Crippen MR) is 191 cm³/mol. The van der Waals surface area contributed by atoms with Crippen LogP contribution < -0.4 is 19.5 Å². The molecule has 3 fully saturated rings. The molecule has 0 unspecified atom stereocenters. The zero-order chi connectivity index (χ0) is 37.0. The van der Waals surface area contributed by atoms with E-state index in [0.717, 1.165) is 24.8 Å². The van der Waals surface area contributed by atoms with Gasteiger partial charge in [-0.1, -0.05) is 24.3 Å². The number of carbonyl (C=O) groups excluding carboxylic acids is 3. The Kier molecular flexibility index (Phi) is 9.25. The van der Waals surface area contributed by atoms with Crippen LogP contribution >= 0.6 is 0 Å². The van der Waals surface area contributed by atoms with E-state index in [0.29, 0.717) is 41.6 Å². The summed E-state index contributed by atoms with van der Waals surface area (Å²) in [6, 6.07) is 9.49. The van der Waals surface area contributed by atoms with Crippen molar-refractivity contribution in [1.82, 2.24) is 24.9 Å². The Hall–Kier alpha value is -4.59. The Bertz CT molecular complexity index is 2090. The van der Waals surface area contributed by atoms with E-state index in [1.807, 2.05) is 19.1 Å². The lowest BCUT2D eigenvalue weighted by molar-refractivity contribution is -0.140. The number of amides is 3. The Morgan fingerprint density at radius 3 is 2.60 bits per heavy atom. The van der Waals surface area contributed by atoms with E-state index in [1.165, 1.54) is 12.1 Å². The normalized spacial score (nSPS) is 27.8. The minimum absolute atomic E-state index is 0.139. The number of rotatable bonds is 7. The van der Waals surface area contributed by atoms with Gasteiger partial charge in [0.15, 0.2) is 5.82 Å². The molecule has 12 nitrogen and oxygen atoms in total. The lowest BCUT2D eigenvalue weighted by Crippen LogP contribution is -2.55. The van der Waals surface area contributed by atoms with E-state index in [4.69, 9.17) is 19.4 Å². The number of aromatic nitrogens is 2. The quantitative estimate of drug-likeness (QED) is 0.332. The standard InChI is InChI=1S/C38H44FN5O7S/c1-22-30(50-4)14-13-27-31(22)40-32(23-10-9-12-25(39)18-23)41-34(27)51-26-19-28-29(20-26)35(46)44(3)17-8-6-5-7-11-24-21-38(24,42-33(28)45)36(47)43-52(48,49)37(2)15-16-37/h7,9-14,18,24,26,28-29H,5-6,8,15-17,19-21H2,1-4H3,(H,42,45)(H,43,47)/b11-7-/t24-,26+,28+,29+,38+/m0/s1. The lowest BCUT2D eigenvalue weighted by atomic mass is 9.93. The van der Waals surface area contributed by atoms with Crippen LogP contribution in [0, 0.1) is 30.5 Å². The van der Waals surface area contributed by atoms with Gasteiger partial charge in [0.05, 0.1) is 34.6 Å². The van der Waals surface area contributed by atoms with Gasteiger partial charge >= 0.3 is 0 Å². The largest absolute Gasteiger partial charge is 0.496 e. The summed E-state index contributed by atoms with van der Waals surface area (Å²) in [6.07, 6.45) is 7.00. The van der Waals surface area contributed by atoms with Gasteiger partial charge in [0.2, 0.25) is 27.7 Å². The average molecular weight is 734 g/mol. The van der Waals surface area contributed by atoms with Crippen molar-refractivity contribution in [1.29, 1.82) is 0 Å². The molecule has 3 aromatic rings. The molecule has 2 heterocycles. The monoisotopic (exact) mass is 733 g/mol. The maximum absolute atomic E-state index is 14.3. The van der Waals surface area contributed by atoms with Crippen LogP contribution in [0.25, 0.3) is 22.3 Å². The molecule has 7 rings (SSSR count). The fourth-order valence-electron chi connectivity index (χ4n) is 7.50. The molecule has 2 aromatic carbocycles. The van der Waals surface area contributed by atoms with Gasteiger partial charge < -0.3 is 19.7 Å². The number of aryl methyl sites for hydroxylation is 1. The molecule has 1 aromatic heterocycles. The van der Waals surface area contributed by atoms with Gasteiger partial charge in [-0.05, 0) is 89.5 Å². The molecule has 0 saturated heterocycles. The van der Waals surface area contributed by atoms with E-state index in [1.54, 1.807) is 50.2 Å². The number of hydrogen-bond acceptors (Lipinski definition) is 9. The molecule has 5 atom stereocenters. The maximum Gasteiger partial charge on any atom is 0.259 e. The van der Waals surface area contributed by atoms with Gasteiger partial charge in [-0.15, -0.1) is 0 Å². The molecule has 0 bridgehead atoms. The van der Waals surface area contributed by atoms with Crippen molar-refractivity contribution in [3.63, 3.8) is 0 Å². The van der Waals surface area contributed by atoms with Crippen molar-refractivity contribution in [2.24, 2.45) is 17.8 Å². The number of sulfonamides is 1. The van der Waals surface area contributed by atoms with Crippen molar-refractivity contribution in [3.05, 3.63) is 59.9 Å². The highest BCUT2D eigenvalue weighted by molar-refractivity contribution is 7.91. The number of nitrogens with one attached hydrogen (secondary N) is 2. The van der Waals surface area contributed by atoms with Crippen LogP contribution in [0.5, 0.6) is 11.6 Å². The highest BCUT2D eigenvalue weighted by atomic mass is 32.2. The summed E-state index contributed by atoms with van der Waals surface area (Å²) in [5, 5.41) is 3.51. The second-order valence-electron chi connectivity index (χ2n) is 14.9. The Morgan fingerprint density at radius 2 is 1.87 bits per heavy atom. The third-order valence-corrected chi connectivity index (χ3v) is 13.4. The number of methoxy groups -OCH3 is 1. The van der Waals surface area contributed by atoms with Crippen LogP contribution in [0.4, 0.5) is 4.39 Å². The van der Waals surface area contributed by atoms with Crippen LogP contribution in [0.2, 0.25) is 0 Å². The van der Waals surface area contributed by atoms with E-state index in [2.05, 4.69) is 10.0 Å². The zero-order valence-electron chi connectivity index (χ0n) is 29.8. The van der Waals surface area contributed by atoms with Crippen LogP contribution in [-0.2, 0) is 24.4 Å². The zero-order valence-corrected chi connectivity index (χ0v) is 30.6. The molecule has 52 heavy (non-hydrogen) atoms. The molecule has 0 spiro atoms. The maximum atomic E-state index is 14.3. The van der Waals surface area contributed by atoms with Crippen LogP contribution in [0.3, 0.4) is 0 Å². The molecule has 4 aliphatic rings. The molecule has 14 heteroatoms. The minimum atomic E-state index is -3.95. The highest BCUT2D eigenvalue weighted by Crippen LogP contribution is 2.48. The summed E-state index contributed by atoms with van der Waals surface area (Å²) in [5.41, 5.74) is 0.270. The Morgan fingerprint density at radius 1 is 1.10 bits per heavy atom. The molecule has 3 saturated carbocycles. The topological polar surface area (TPSA) is 157 Å². The third kappa shape index (κ3) is 6.61. The van der Waals surface area contributed by atoms with Crippen molar-refractivity contribution in [3.8, 4) is 23.0 Å². The van der Waals surface area contributed by atoms with Crippen molar-refractivity contribution < 1.29 is 36.7 Å². The average Bonchev–Trinajstić information content (AvgIpc) is 3.99. The first-order valence-corrected chi connectivity index (χ1v) is 19.3. The summed E-state index contributed by atoms with van der Waals surface area (Å²) < 4.78 is 53.8. The molecule has 3 amide bonds. The first-order valence-electron chi connectivity index (χ1n) is 17.8. The number of nitrogens with zero attached hydrogens (tertiary/aromatic N) is 3. The number of benzene rings is 2. The molecule has 1 aliphatic heterocycles. The van der Waals surface area contributed by atoms with Gasteiger partial charge in [0.1, 0.15) is 23.2 Å². The summed E-state index contributed by atoms with van der Waals surface area (Å²) in [4.78, 5) is 53.1. The molecule has 276 valence electrons. The van der Waals surface area contributed by atoms with E-state index in [9.17, 15) is 27.2 Å². The summed E-state index contributed by atoms with van der Waals surface area (Å²) >= 11 is 0. The second kappa shape index (κ2) is 13.4. The second-order valence-corrected chi connectivity index (χ2v) is 17.1. The number of hydrogen-bond donors (Lipinski definition) is 2. The van der Waals surface area contributed by atoms with E-state index >= 15 is 0 Å².